The summed E-state index contributed by atoms with van der Waals surface area (Å²) in [6.07, 6.45) is 14.4. The molecular formula is C16H27N3. The maximum atomic E-state index is 4.34. The molecule has 2 saturated carbocycles. The average molecular weight is 261 g/mol. The lowest BCUT2D eigenvalue weighted by molar-refractivity contribution is 0.111. The van der Waals surface area contributed by atoms with E-state index in [9.17, 15) is 0 Å². The Kier molecular flexibility index (Phi) is 3.92. The van der Waals surface area contributed by atoms with Crippen LogP contribution in [0.3, 0.4) is 0 Å². The first-order chi connectivity index (χ1) is 9.28. The van der Waals surface area contributed by atoms with E-state index in [1.54, 1.807) is 0 Å². The van der Waals surface area contributed by atoms with Crippen molar-refractivity contribution in [3.8, 4) is 0 Å². The third-order valence-electron chi connectivity index (χ3n) is 5.45. The number of aryl methyl sites for hydroxylation is 1. The number of rotatable bonds is 3. The van der Waals surface area contributed by atoms with E-state index in [2.05, 4.69) is 23.7 Å². The standard InChI is InChI=1S/C16H27N3/c1-17-16(15-10-18-19(2)11-15)14-8-7-12-5-3-4-6-13(12)9-14/h10-14,16-17H,3-9H2,1-2H3. The quantitative estimate of drug-likeness (QED) is 0.905. The van der Waals surface area contributed by atoms with E-state index in [0.717, 1.165) is 17.8 Å². The second-order valence-corrected chi connectivity index (χ2v) is 6.59. The zero-order valence-corrected chi connectivity index (χ0v) is 12.3. The molecule has 0 bridgehead atoms. The summed E-state index contributed by atoms with van der Waals surface area (Å²) in [6, 6.07) is 0.497. The summed E-state index contributed by atoms with van der Waals surface area (Å²) < 4.78 is 1.92. The van der Waals surface area contributed by atoms with Crippen molar-refractivity contribution in [2.24, 2.45) is 24.8 Å². The number of hydrogen-bond acceptors (Lipinski definition) is 2. The Labute approximate surface area is 116 Å². The lowest BCUT2D eigenvalue weighted by Gasteiger charge is -2.41. The van der Waals surface area contributed by atoms with E-state index in [1.807, 2.05) is 17.9 Å². The summed E-state index contributed by atoms with van der Waals surface area (Å²) in [4.78, 5) is 0. The van der Waals surface area contributed by atoms with Gasteiger partial charge in [-0.2, -0.15) is 5.10 Å². The van der Waals surface area contributed by atoms with Crippen LogP contribution in [-0.2, 0) is 7.05 Å². The number of hydrogen-bond donors (Lipinski definition) is 1. The van der Waals surface area contributed by atoms with Gasteiger partial charge in [0.05, 0.1) is 6.20 Å². The Balaban J connectivity index is 1.70. The molecule has 3 heteroatoms. The maximum Gasteiger partial charge on any atom is 0.0537 e. The van der Waals surface area contributed by atoms with Crippen LogP contribution in [0.1, 0.15) is 56.6 Å². The molecule has 1 heterocycles. The molecule has 106 valence electrons. The molecule has 0 radical (unpaired) electrons. The highest BCUT2D eigenvalue weighted by Crippen LogP contribution is 2.45. The van der Waals surface area contributed by atoms with Crippen LogP contribution in [0, 0.1) is 17.8 Å². The lowest BCUT2D eigenvalue weighted by Crippen LogP contribution is -2.34. The normalized spacial score (nSPS) is 32.8. The molecule has 0 aliphatic heterocycles. The van der Waals surface area contributed by atoms with Crippen LogP contribution in [0.5, 0.6) is 0 Å². The fourth-order valence-corrected chi connectivity index (χ4v) is 4.49. The molecule has 4 unspecified atom stereocenters. The van der Waals surface area contributed by atoms with E-state index >= 15 is 0 Å². The van der Waals surface area contributed by atoms with Crippen molar-refractivity contribution in [1.29, 1.82) is 0 Å². The highest BCUT2D eigenvalue weighted by Gasteiger charge is 2.35. The third-order valence-corrected chi connectivity index (χ3v) is 5.45. The van der Waals surface area contributed by atoms with Crippen molar-refractivity contribution < 1.29 is 0 Å². The van der Waals surface area contributed by atoms with Crippen molar-refractivity contribution in [2.45, 2.75) is 51.0 Å². The summed E-state index contributed by atoms with van der Waals surface area (Å²) >= 11 is 0. The minimum atomic E-state index is 0.497. The van der Waals surface area contributed by atoms with Crippen LogP contribution >= 0.6 is 0 Å². The van der Waals surface area contributed by atoms with Crippen LogP contribution in [0.25, 0.3) is 0 Å². The third kappa shape index (κ3) is 2.71. The van der Waals surface area contributed by atoms with Gasteiger partial charge in [0.15, 0.2) is 0 Å². The highest BCUT2D eigenvalue weighted by molar-refractivity contribution is 5.12. The molecule has 0 spiro atoms. The monoisotopic (exact) mass is 261 g/mol. The summed E-state index contributed by atoms with van der Waals surface area (Å²) in [5.41, 5.74) is 1.37. The van der Waals surface area contributed by atoms with Crippen molar-refractivity contribution in [2.75, 3.05) is 7.05 Å². The molecule has 19 heavy (non-hydrogen) atoms. The van der Waals surface area contributed by atoms with E-state index in [0.29, 0.717) is 6.04 Å². The molecule has 3 rings (SSSR count). The molecule has 1 N–H and O–H groups in total. The van der Waals surface area contributed by atoms with Gasteiger partial charge in [0.2, 0.25) is 0 Å². The Bertz CT molecular complexity index is 412. The molecule has 1 aromatic rings. The Morgan fingerprint density at radius 2 is 2.00 bits per heavy atom. The Morgan fingerprint density at radius 1 is 1.21 bits per heavy atom. The lowest BCUT2D eigenvalue weighted by atomic mass is 9.65. The summed E-state index contributed by atoms with van der Waals surface area (Å²) in [5.74, 6) is 2.84. The number of aromatic nitrogens is 2. The summed E-state index contributed by atoms with van der Waals surface area (Å²) in [7, 11) is 4.11. The van der Waals surface area contributed by atoms with Crippen molar-refractivity contribution in [1.82, 2.24) is 15.1 Å². The fourth-order valence-electron chi connectivity index (χ4n) is 4.49. The smallest absolute Gasteiger partial charge is 0.0537 e. The minimum absolute atomic E-state index is 0.497. The number of nitrogens with one attached hydrogen (secondary N) is 1. The van der Waals surface area contributed by atoms with Crippen LogP contribution < -0.4 is 5.32 Å². The Hall–Kier alpha value is -0.830. The van der Waals surface area contributed by atoms with E-state index in [-0.39, 0.29) is 0 Å². The minimum Gasteiger partial charge on any atom is -0.313 e. The molecule has 0 amide bonds. The summed E-state index contributed by atoms with van der Waals surface area (Å²) in [5, 5.41) is 7.88. The zero-order chi connectivity index (χ0) is 13.2. The topological polar surface area (TPSA) is 29.9 Å². The predicted molar refractivity (Wildman–Crippen MR) is 77.8 cm³/mol. The van der Waals surface area contributed by atoms with Crippen molar-refractivity contribution in [3.05, 3.63) is 18.0 Å². The second-order valence-electron chi connectivity index (χ2n) is 6.59. The van der Waals surface area contributed by atoms with Gasteiger partial charge in [0.1, 0.15) is 0 Å². The van der Waals surface area contributed by atoms with E-state index < -0.39 is 0 Å². The van der Waals surface area contributed by atoms with Gasteiger partial charge in [-0.15, -0.1) is 0 Å². The van der Waals surface area contributed by atoms with Crippen LogP contribution in [0.15, 0.2) is 12.4 Å². The van der Waals surface area contributed by atoms with Crippen LogP contribution in [0.4, 0.5) is 0 Å². The van der Waals surface area contributed by atoms with Crippen LogP contribution in [-0.4, -0.2) is 16.8 Å². The first-order valence-electron chi connectivity index (χ1n) is 7.93. The molecule has 0 saturated heterocycles. The molecule has 0 aromatic carbocycles. The molecule has 3 nitrogen and oxygen atoms in total. The fraction of sp³-hybridized carbons (Fsp3) is 0.812. The summed E-state index contributed by atoms with van der Waals surface area (Å²) in [6.45, 7) is 0. The highest BCUT2D eigenvalue weighted by atomic mass is 15.2. The molecule has 1 aromatic heterocycles. The number of fused-ring (bicyclic) bond motifs is 1. The van der Waals surface area contributed by atoms with Gasteiger partial charge in [-0.25, -0.2) is 0 Å². The zero-order valence-electron chi connectivity index (χ0n) is 12.3. The molecule has 2 aliphatic rings. The van der Waals surface area contributed by atoms with E-state index in [1.165, 1.54) is 50.5 Å². The predicted octanol–water partition coefficient (Wildman–Crippen LogP) is 3.29. The molecule has 2 aliphatic carbocycles. The SMILES string of the molecule is CNC(c1cnn(C)c1)C1CCC2CCCCC2C1. The van der Waals surface area contributed by atoms with Gasteiger partial charge in [-0.3, -0.25) is 4.68 Å². The van der Waals surface area contributed by atoms with Crippen LogP contribution in [0.2, 0.25) is 0 Å². The maximum absolute atomic E-state index is 4.34. The van der Waals surface area contributed by atoms with Gasteiger partial charge >= 0.3 is 0 Å². The molecule has 4 atom stereocenters. The first-order valence-corrected chi connectivity index (χ1v) is 7.93. The van der Waals surface area contributed by atoms with Gasteiger partial charge in [-0.1, -0.05) is 25.7 Å². The van der Waals surface area contributed by atoms with Crippen molar-refractivity contribution >= 4 is 0 Å². The second kappa shape index (κ2) is 5.66. The van der Waals surface area contributed by atoms with Gasteiger partial charge < -0.3 is 5.32 Å². The first kappa shape index (κ1) is 13.2. The number of nitrogens with zero attached hydrogens (tertiary/aromatic N) is 2. The molecular weight excluding hydrogens is 234 g/mol. The molecule has 2 fully saturated rings. The van der Waals surface area contributed by atoms with Gasteiger partial charge in [0.25, 0.3) is 0 Å². The Morgan fingerprint density at radius 3 is 2.68 bits per heavy atom. The van der Waals surface area contributed by atoms with Gasteiger partial charge in [-0.05, 0) is 44.1 Å². The van der Waals surface area contributed by atoms with Crippen molar-refractivity contribution in [3.63, 3.8) is 0 Å². The van der Waals surface area contributed by atoms with E-state index in [4.69, 9.17) is 0 Å². The largest absolute Gasteiger partial charge is 0.313 e. The van der Waals surface area contributed by atoms with Gasteiger partial charge in [0, 0.05) is 24.8 Å². The average Bonchev–Trinajstić information content (AvgIpc) is 2.86.